The SMILES string of the molecule is Cc1nn(CCC#N)c(C)c1CCC(=O)N1CCN(CC(C)C)CC1. The summed E-state index contributed by atoms with van der Waals surface area (Å²) in [5.41, 5.74) is 3.22. The Labute approximate surface area is 151 Å². The predicted octanol–water partition coefficient (Wildman–Crippen LogP) is 2.15. The van der Waals surface area contributed by atoms with Gasteiger partial charge in [0.15, 0.2) is 0 Å². The minimum Gasteiger partial charge on any atom is -0.340 e. The van der Waals surface area contributed by atoms with Crippen molar-refractivity contribution in [3.05, 3.63) is 17.0 Å². The third kappa shape index (κ3) is 5.30. The molecular formula is C19H31N5O. The Morgan fingerprint density at radius 1 is 1.24 bits per heavy atom. The minimum atomic E-state index is 0.243. The van der Waals surface area contributed by atoms with Crippen LogP contribution in [-0.4, -0.2) is 58.2 Å². The van der Waals surface area contributed by atoms with Crippen molar-refractivity contribution in [1.82, 2.24) is 19.6 Å². The normalized spacial score (nSPS) is 15.6. The predicted molar refractivity (Wildman–Crippen MR) is 98.1 cm³/mol. The fourth-order valence-electron chi connectivity index (χ4n) is 3.56. The summed E-state index contributed by atoms with van der Waals surface area (Å²) in [6.07, 6.45) is 1.73. The highest BCUT2D eigenvalue weighted by atomic mass is 16.2. The van der Waals surface area contributed by atoms with Gasteiger partial charge in [-0.3, -0.25) is 14.4 Å². The quantitative estimate of drug-likeness (QED) is 0.759. The van der Waals surface area contributed by atoms with Gasteiger partial charge in [0, 0.05) is 44.8 Å². The molecule has 0 saturated carbocycles. The molecule has 2 rings (SSSR count). The van der Waals surface area contributed by atoms with Gasteiger partial charge in [0.1, 0.15) is 0 Å². The van der Waals surface area contributed by atoms with E-state index in [1.54, 1.807) is 0 Å². The second-order valence-corrected chi connectivity index (χ2v) is 7.36. The van der Waals surface area contributed by atoms with Gasteiger partial charge in [-0.05, 0) is 31.7 Å². The van der Waals surface area contributed by atoms with Crippen molar-refractivity contribution in [3.8, 4) is 6.07 Å². The molecule has 1 aromatic heterocycles. The number of aromatic nitrogens is 2. The second-order valence-electron chi connectivity index (χ2n) is 7.36. The molecule has 6 nitrogen and oxygen atoms in total. The molecule has 25 heavy (non-hydrogen) atoms. The van der Waals surface area contributed by atoms with E-state index in [1.807, 2.05) is 23.4 Å². The largest absolute Gasteiger partial charge is 0.340 e. The Morgan fingerprint density at radius 2 is 1.92 bits per heavy atom. The lowest BCUT2D eigenvalue weighted by atomic mass is 10.1. The summed E-state index contributed by atoms with van der Waals surface area (Å²) in [6, 6.07) is 2.15. The Morgan fingerprint density at radius 3 is 2.52 bits per heavy atom. The Bertz CT molecular complexity index is 620. The summed E-state index contributed by atoms with van der Waals surface area (Å²) in [6.45, 7) is 13.9. The molecule has 1 aliphatic rings. The van der Waals surface area contributed by atoms with Crippen molar-refractivity contribution < 1.29 is 4.79 Å². The van der Waals surface area contributed by atoms with Crippen LogP contribution >= 0.6 is 0 Å². The number of amides is 1. The first-order valence-electron chi connectivity index (χ1n) is 9.32. The summed E-state index contributed by atoms with van der Waals surface area (Å²) >= 11 is 0. The van der Waals surface area contributed by atoms with Crippen LogP contribution in [0.1, 0.15) is 43.6 Å². The van der Waals surface area contributed by atoms with Crippen LogP contribution in [0.3, 0.4) is 0 Å². The molecule has 0 N–H and O–H groups in total. The van der Waals surface area contributed by atoms with Crippen LogP contribution in [0.4, 0.5) is 0 Å². The number of nitrogens with zero attached hydrogens (tertiary/aromatic N) is 5. The molecule has 0 radical (unpaired) electrons. The van der Waals surface area contributed by atoms with Gasteiger partial charge >= 0.3 is 0 Å². The van der Waals surface area contributed by atoms with Gasteiger partial charge in [-0.25, -0.2) is 0 Å². The van der Waals surface area contributed by atoms with Crippen molar-refractivity contribution in [2.24, 2.45) is 5.92 Å². The second kappa shape index (κ2) is 9.00. The lowest BCUT2D eigenvalue weighted by Crippen LogP contribution is -2.49. The molecule has 0 spiro atoms. The molecule has 1 aliphatic heterocycles. The summed E-state index contributed by atoms with van der Waals surface area (Å²) in [7, 11) is 0. The Balaban J connectivity index is 1.85. The lowest BCUT2D eigenvalue weighted by molar-refractivity contribution is -0.132. The zero-order valence-electron chi connectivity index (χ0n) is 16.1. The molecule has 2 heterocycles. The molecular weight excluding hydrogens is 314 g/mol. The van der Waals surface area contributed by atoms with E-state index < -0.39 is 0 Å². The first kappa shape index (κ1) is 19.5. The van der Waals surface area contributed by atoms with Gasteiger partial charge in [-0.1, -0.05) is 13.8 Å². The highest BCUT2D eigenvalue weighted by Gasteiger charge is 2.22. The van der Waals surface area contributed by atoms with Crippen molar-refractivity contribution in [3.63, 3.8) is 0 Å². The third-order valence-electron chi connectivity index (χ3n) is 4.90. The number of hydrogen-bond acceptors (Lipinski definition) is 4. The van der Waals surface area contributed by atoms with Crippen LogP contribution < -0.4 is 0 Å². The summed E-state index contributed by atoms with van der Waals surface area (Å²) in [5.74, 6) is 0.915. The molecule has 1 amide bonds. The zero-order valence-corrected chi connectivity index (χ0v) is 16.1. The van der Waals surface area contributed by atoms with E-state index in [4.69, 9.17) is 5.26 Å². The zero-order chi connectivity index (χ0) is 18.4. The highest BCUT2D eigenvalue weighted by molar-refractivity contribution is 5.76. The summed E-state index contributed by atoms with van der Waals surface area (Å²) in [5, 5.41) is 13.2. The summed E-state index contributed by atoms with van der Waals surface area (Å²) in [4.78, 5) is 17.0. The molecule has 0 atom stereocenters. The first-order chi connectivity index (χ1) is 11.9. The number of nitriles is 1. The molecule has 1 fully saturated rings. The molecule has 0 aliphatic carbocycles. The van der Waals surface area contributed by atoms with Crippen molar-refractivity contribution >= 4 is 5.91 Å². The highest BCUT2D eigenvalue weighted by Crippen LogP contribution is 2.17. The van der Waals surface area contributed by atoms with E-state index in [1.165, 1.54) is 0 Å². The van der Waals surface area contributed by atoms with Crippen LogP contribution in [0.25, 0.3) is 0 Å². The fraction of sp³-hybridized carbons (Fsp3) is 0.737. The van der Waals surface area contributed by atoms with Gasteiger partial charge in [0.2, 0.25) is 5.91 Å². The first-order valence-corrected chi connectivity index (χ1v) is 9.32. The van der Waals surface area contributed by atoms with Gasteiger partial charge in [-0.2, -0.15) is 10.4 Å². The monoisotopic (exact) mass is 345 g/mol. The summed E-state index contributed by atoms with van der Waals surface area (Å²) < 4.78 is 1.89. The average molecular weight is 345 g/mol. The van der Waals surface area contributed by atoms with Crippen molar-refractivity contribution in [2.75, 3.05) is 32.7 Å². The smallest absolute Gasteiger partial charge is 0.222 e. The molecule has 0 bridgehead atoms. The molecule has 138 valence electrons. The Hall–Kier alpha value is -1.87. The maximum atomic E-state index is 12.5. The van der Waals surface area contributed by atoms with Gasteiger partial charge in [-0.15, -0.1) is 0 Å². The van der Waals surface area contributed by atoms with Crippen molar-refractivity contribution in [2.45, 2.75) is 53.5 Å². The topological polar surface area (TPSA) is 65.2 Å². The van der Waals surface area contributed by atoms with Gasteiger partial charge in [0.25, 0.3) is 0 Å². The molecule has 6 heteroatoms. The van der Waals surface area contributed by atoms with Crippen molar-refractivity contribution in [1.29, 1.82) is 5.26 Å². The van der Waals surface area contributed by atoms with E-state index in [9.17, 15) is 4.79 Å². The van der Waals surface area contributed by atoms with E-state index in [2.05, 4.69) is 29.9 Å². The number of carbonyl (C=O) groups is 1. The van der Waals surface area contributed by atoms with Crippen LogP contribution in [0.2, 0.25) is 0 Å². The number of hydrogen-bond donors (Lipinski definition) is 0. The number of rotatable bonds is 7. The van der Waals surface area contributed by atoms with E-state index in [-0.39, 0.29) is 5.91 Å². The average Bonchev–Trinajstić information content (AvgIpc) is 2.84. The van der Waals surface area contributed by atoms with Gasteiger partial charge < -0.3 is 4.90 Å². The third-order valence-corrected chi connectivity index (χ3v) is 4.90. The van der Waals surface area contributed by atoms with Crippen LogP contribution in [0.5, 0.6) is 0 Å². The molecule has 0 unspecified atom stereocenters. The number of piperazine rings is 1. The van der Waals surface area contributed by atoms with Crippen LogP contribution in [0.15, 0.2) is 0 Å². The maximum Gasteiger partial charge on any atom is 0.222 e. The van der Waals surface area contributed by atoms with Gasteiger partial charge in [0.05, 0.1) is 24.7 Å². The minimum absolute atomic E-state index is 0.243. The van der Waals surface area contributed by atoms with E-state index in [0.717, 1.165) is 56.1 Å². The lowest BCUT2D eigenvalue weighted by Gasteiger charge is -2.35. The fourth-order valence-corrected chi connectivity index (χ4v) is 3.56. The molecule has 1 aromatic rings. The maximum absolute atomic E-state index is 12.5. The van der Waals surface area contributed by atoms with Crippen LogP contribution in [-0.2, 0) is 17.8 Å². The number of carbonyl (C=O) groups excluding carboxylic acids is 1. The molecule has 1 saturated heterocycles. The Kier molecular flexibility index (Phi) is 7.01. The van der Waals surface area contributed by atoms with E-state index in [0.29, 0.717) is 25.3 Å². The number of aryl methyl sites for hydroxylation is 2. The standard InChI is InChI=1S/C19H31N5O/c1-15(2)14-22-10-12-23(13-11-22)19(25)7-6-18-16(3)21-24(17(18)4)9-5-8-20/h15H,5-7,9-14H2,1-4H3. The molecule has 0 aromatic carbocycles. The van der Waals surface area contributed by atoms with Crippen LogP contribution in [0, 0.1) is 31.1 Å². The van der Waals surface area contributed by atoms with E-state index >= 15 is 0 Å².